The average molecular weight is 428 g/mol. The standard InChI is InChI=1S/C20H29N.HI.H3N/c1-3-4-5-6-7-8-9-12-15-21-19-14-11-10-13-17(19)18-16-20(18,21)2;;/h10-11,13-14,16H,3-9,12,15H2,1-2H3;1H;1H3. The predicted octanol–water partition coefficient (Wildman–Crippen LogP) is 6.58. The lowest BCUT2D eigenvalue weighted by Gasteiger charge is -2.28. The third-order valence-electron chi connectivity index (χ3n) is 5.17. The molecule has 3 rings (SSSR count). The van der Waals surface area contributed by atoms with E-state index >= 15 is 0 Å². The van der Waals surface area contributed by atoms with E-state index in [2.05, 4.69) is 49.1 Å². The van der Waals surface area contributed by atoms with Gasteiger partial charge in [0.05, 0.1) is 5.54 Å². The number of para-hydroxylation sites is 1. The Labute approximate surface area is 159 Å². The highest BCUT2D eigenvalue weighted by atomic mass is 127. The van der Waals surface area contributed by atoms with Crippen molar-refractivity contribution in [2.45, 2.75) is 70.8 Å². The van der Waals surface area contributed by atoms with Gasteiger partial charge in [0.1, 0.15) is 0 Å². The van der Waals surface area contributed by atoms with Crippen molar-refractivity contribution < 1.29 is 0 Å². The monoisotopic (exact) mass is 428 g/mol. The molecule has 0 amide bonds. The van der Waals surface area contributed by atoms with Crippen molar-refractivity contribution in [3.63, 3.8) is 0 Å². The van der Waals surface area contributed by atoms with Gasteiger partial charge in [-0.2, -0.15) is 0 Å². The minimum absolute atomic E-state index is 0. The van der Waals surface area contributed by atoms with E-state index in [-0.39, 0.29) is 35.7 Å². The molecule has 1 heterocycles. The topological polar surface area (TPSA) is 38.2 Å². The van der Waals surface area contributed by atoms with Crippen molar-refractivity contribution in [3.05, 3.63) is 35.9 Å². The predicted molar refractivity (Wildman–Crippen MR) is 113 cm³/mol. The molecule has 1 atom stereocenters. The second kappa shape index (κ2) is 9.07. The van der Waals surface area contributed by atoms with Crippen molar-refractivity contribution in [1.29, 1.82) is 0 Å². The molecule has 130 valence electrons. The summed E-state index contributed by atoms with van der Waals surface area (Å²) in [6.07, 6.45) is 13.6. The second-order valence-electron chi connectivity index (χ2n) is 6.85. The Morgan fingerprint density at radius 3 is 2.22 bits per heavy atom. The molecule has 1 unspecified atom stereocenters. The Morgan fingerprint density at radius 1 is 0.913 bits per heavy atom. The fourth-order valence-corrected chi connectivity index (χ4v) is 3.76. The van der Waals surface area contributed by atoms with Crippen molar-refractivity contribution in [2.75, 3.05) is 11.4 Å². The van der Waals surface area contributed by atoms with Crippen molar-refractivity contribution in [1.82, 2.24) is 6.15 Å². The molecular weight excluding hydrogens is 395 g/mol. The van der Waals surface area contributed by atoms with Crippen LogP contribution >= 0.6 is 24.0 Å². The molecule has 2 nitrogen and oxygen atoms in total. The maximum Gasteiger partial charge on any atom is 0.0820 e. The van der Waals surface area contributed by atoms with Crippen LogP contribution in [0.2, 0.25) is 0 Å². The molecule has 23 heavy (non-hydrogen) atoms. The van der Waals surface area contributed by atoms with Crippen LogP contribution in [0.15, 0.2) is 30.3 Å². The van der Waals surface area contributed by atoms with Crippen LogP contribution in [0.4, 0.5) is 5.69 Å². The summed E-state index contributed by atoms with van der Waals surface area (Å²) in [5.41, 5.74) is 4.74. The largest absolute Gasteiger partial charge is 0.358 e. The van der Waals surface area contributed by atoms with Crippen molar-refractivity contribution >= 4 is 35.2 Å². The van der Waals surface area contributed by atoms with E-state index in [0.717, 1.165) is 0 Å². The fraction of sp³-hybridized carbons (Fsp3) is 0.600. The van der Waals surface area contributed by atoms with Gasteiger partial charge in [-0.1, -0.05) is 70.1 Å². The molecule has 1 aromatic rings. The Bertz CT molecular complexity index is 526. The quantitative estimate of drug-likeness (QED) is 0.356. The summed E-state index contributed by atoms with van der Waals surface area (Å²) in [4.78, 5) is 2.62. The van der Waals surface area contributed by atoms with Crippen LogP contribution in [0.5, 0.6) is 0 Å². The summed E-state index contributed by atoms with van der Waals surface area (Å²) in [5, 5.41) is 0. The molecule has 0 aromatic heterocycles. The van der Waals surface area contributed by atoms with Crippen LogP contribution in [-0.4, -0.2) is 12.1 Å². The van der Waals surface area contributed by atoms with Gasteiger partial charge < -0.3 is 11.1 Å². The Morgan fingerprint density at radius 2 is 1.52 bits per heavy atom. The lowest BCUT2D eigenvalue weighted by atomic mass is 10.1. The summed E-state index contributed by atoms with van der Waals surface area (Å²) < 4.78 is 0. The number of halogens is 1. The lowest BCUT2D eigenvalue weighted by molar-refractivity contribution is 0.564. The van der Waals surface area contributed by atoms with Crippen LogP contribution in [-0.2, 0) is 0 Å². The maximum atomic E-state index is 2.62. The number of nitrogens with zero attached hydrogens (tertiary/aromatic N) is 1. The van der Waals surface area contributed by atoms with Gasteiger partial charge in [0.25, 0.3) is 0 Å². The van der Waals surface area contributed by atoms with Gasteiger partial charge in [0.15, 0.2) is 0 Å². The molecule has 1 aliphatic carbocycles. The van der Waals surface area contributed by atoms with Gasteiger partial charge in [-0.05, 0) is 31.1 Å². The van der Waals surface area contributed by atoms with Gasteiger partial charge in [-0.15, -0.1) is 24.0 Å². The first-order valence-electron chi connectivity index (χ1n) is 8.88. The molecule has 1 aliphatic heterocycles. The molecular formula is C20H33IN2. The molecule has 0 bridgehead atoms. The number of hydrogen-bond donors (Lipinski definition) is 1. The van der Waals surface area contributed by atoms with Gasteiger partial charge in [0, 0.05) is 17.8 Å². The molecule has 0 saturated heterocycles. The molecule has 2 aliphatic rings. The third-order valence-corrected chi connectivity index (χ3v) is 5.17. The number of fused-ring (bicyclic) bond motifs is 3. The van der Waals surface area contributed by atoms with E-state index in [1.54, 1.807) is 5.57 Å². The maximum absolute atomic E-state index is 2.62. The smallest absolute Gasteiger partial charge is 0.0820 e. The van der Waals surface area contributed by atoms with Gasteiger partial charge >= 0.3 is 0 Å². The van der Waals surface area contributed by atoms with Gasteiger partial charge in [0.2, 0.25) is 0 Å². The molecule has 3 N–H and O–H groups in total. The molecule has 0 fully saturated rings. The number of unbranched alkanes of at least 4 members (excludes halogenated alkanes) is 7. The van der Waals surface area contributed by atoms with Crippen molar-refractivity contribution in [2.24, 2.45) is 0 Å². The van der Waals surface area contributed by atoms with E-state index in [1.165, 1.54) is 69.2 Å². The van der Waals surface area contributed by atoms with E-state index in [9.17, 15) is 0 Å². The molecule has 0 saturated carbocycles. The van der Waals surface area contributed by atoms with Crippen molar-refractivity contribution in [3.8, 4) is 0 Å². The normalized spacial score (nSPS) is 20.1. The number of anilines is 1. The van der Waals surface area contributed by atoms with Gasteiger partial charge in [-0.25, -0.2) is 0 Å². The first-order valence-corrected chi connectivity index (χ1v) is 8.88. The highest BCUT2D eigenvalue weighted by molar-refractivity contribution is 14.0. The summed E-state index contributed by atoms with van der Waals surface area (Å²) in [6.45, 7) is 5.87. The first kappa shape index (κ1) is 20.5. The summed E-state index contributed by atoms with van der Waals surface area (Å²) in [6, 6.07) is 8.91. The number of benzene rings is 1. The van der Waals surface area contributed by atoms with Crippen LogP contribution < -0.4 is 11.1 Å². The van der Waals surface area contributed by atoms with Gasteiger partial charge in [-0.3, -0.25) is 0 Å². The SMILES string of the molecule is CCCCCCCCCCN1c2ccccc2C2=CC21C.I.N. The number of hydrogen-bond acceptors (Lipinski definition) is 2. The zero-order chi connectivity index (χ0) is 14.7. The second-order valence-corrected chi connectivity index (χ2v) is 6.85. The van der Waals surface area contributed by atoms with Crippen LogP contribution in [0, 0.1) is 0 Å². The van der Waals surface area contributed by atoms with E-state index in [1.807, 2.05) is 0 Å². The summed E-state index contributed by atoms with van der Waals surface area (Å²) in [7, 11) is 0. The Hall–Kier alpha value is -0.550. The fourth-order valence-electron chi connectivity index (χ4n) is 3.76. The molecule has 1 aromatic carbocycles. The van der Waals surface area contributed by atoms with Crippen LogP contribution in [0.3, 0.4) is 0 Å². The number of rotatable bonds is 9. The highest BCUT2D eigenvalue weighted by Crippen LogP contribution is 2.57. The minimum Gasteiger partial charge on any atom is -0.358 e. The van der Waals surface area contributed by atoms with Crippen LogP contribution in [0.25, 0.3) is 5.57 Å². The molecule has 0 radical (unpaired) electrons. The van der Waals surface area contributed by atoms with Crippen LogP contribution in [0.1, 0.15) is 70.8 Å². The third kappa shape index (κ3) is 4.30. The molecule has 3 heteroatoms. The average Bonchev–Trinajstić information content (AvgIpc) is 3.12. The first-order chi connectivity index (χ1) is 10.3. The molecule has 0 spiro atoms. The zero-order valence-corrected chi connectivity index (χ0v) is 17.1. The van der Waals surface area contributed by atoms with E-state index in [4.69, 9.17) is 0 Å². The highest BCUT2D eigenvalue weighted by Gasteiger charge is 2.51. The zero-order valence-electron chi connectivity index (χ0n) is 14.8. The lowest BCUT2D eigenvalue weighted by Crippen LogP contribution is -2.34. The Kier molecular flexibility index (Phi) is 8.08. The van der Waals surface area contributed by atoms with E-state index < -0.39 is 0 Å². The Balaban J connectivity index is 0.00000132. The summed E-state index contributed by atoms with van der Waals surface area (Å²) >= 11 is 0. The van der Waals surface area contributed by atoms with E-state index in [0.29, 0.717) is 0 Å². The summed E-state index contributed by atoms with van der Waals surface area (Å²) in [5.74, 6) is 0. The minimum atomic E-state index is 0.